The van der Waals surface area contributed by atoms with Crippen LogP contribution in [0, 0.1) is 19.7 Å². The van der Waals surface area contributed by atoms with Gasteiger partial charge in [-0.25, -0.2) is 12.8 Å². The Morgan fingerprint density at radius 1 is 1.42 bits per heavy atom. The Hall–Kier alpha value is -1.74. The fraction of sp³-hybridized carbons (Fsp3) is 0.200. The first kappa shape index (κ1) is 13.7. The number of anilines is 2. The number of aryl methyl sites for hydroxylation is 1. The largest absolute Gasteiger partial charge is 0.396 e. The zero-order valence-corrected chi connectivity index (χ0v) is 11.8. The number of benzene rings is 1. The van der Waals surface area contributed by atoms with Crippen molar-refractivity contribution >= 4 is 32.2 Å². The molecule has 1 heterocycles. The number of sulfonamides is 1. The van der Waals surface area contributed by atoms with Gasteiger partial charge in [0.2, 0.25) is 5.13 Å². The summed E-state index contributed by atoms with van der Waals surface area (Å²) in [5, 5.41) is 7.27. The highest BCUT2D eigenvalue weighted by atomic mass is 32.2. The number of nitrogen functional groups attached to an aromatic ring is 1. The van der Waals surface area contributed by atoms with Crippen LogP contribution in [0.1, 0.15) is 11.1 Å². The Bertz CT molecular complexity index is 714. The second-order valence-corrected chi connectivity index (χ2v) is 6.34. The van der Waals surface area contributed by atoms with E-state index in [1.54, 1.807) is 0 Å². The van der Waals surface area contributed by atoms with E-state index in [2.05, 4.69) is 14.9 Å². The number of nitrogens with two attached hydrogens (primary N) is 1. The van der Waals surface area contributed by atoms with Crippen LogP contribution in [-0.4, -0.2) is 18.6 Å². The van der Waals surface area contributed by atoms with Crippen molar-refractivity contribution in [2.75, 3.05) is 10.5 Å². The van der Waals surface area contributed by atoms with Gasteiger partial charge in [-0.05, 0) is 31.0 Å². The predicted molar refractivity (Wildman–Crippen MR) is 71.0 cm³/mol. The van der Waals surface area contributed by atoms with E-state index in [1.807, 2.05) is 0 Å². The topological polar surface area (TPSA) is 98.0 Å². The molecule has 0 aliphatic heterocycles. The summed E-state index contributed by atoms with van der Waals surface area (Å²) in [6.45, 7) is 2.96. The van der Waals surface area contributed by atoms with Gasteiger partial charge in [0.1, 0.15) is 11.3 Å². The van der Waals surface area contributed by atoms with Crippen LogP contribution in [0.15, 0.2) is 16.5 Å². The number of rotatable bonds is 3. The Labute approximate surface area is 113 Å². The maximum atomic E-state index is 13.4. The van der Waals surface area contributed by atoms with Gasteiger partial charge in [0.25, 0.3) is 10.0 Å². The lowest BCUT2D eigenvalue weighted by molar-refractivity contribution is 0.598. The molecule has 6 nitrogen and oxygen atoms in total. The van der Waals surface area contributed by atoms with E-state index >= 15 is 0 Å². The maximum absolute atomic E-state index is 13.4. The average Bonchev–Trinajstić information content (AvgIpc) is 2.77. The van der Waals surface area contributed by atoms with Crippen LogP contribution in [0.2, 0.25) is 0 Å². The minimum absolute atomic E-state index is 0.0402. The lowest BCUT2D eigenvalue weighted by atomic mass is 10.1. The fourth-order valence-corrected chi connectivity index (χ4v) is 3.91. The number of nitrogens with zero attached hydrogens (tertiary/aromatic N) is 2. The molecule has 0 unspecified atom stereocenters. The molecule has 102 valence electrons. The molecule has 3 N–H and O–H groups in total. The molecule has 0 saturated heterocycles. The smallest absolute Gasteiger partial charge is 0.264 e. The normalized spacial score (nSPS) is 11.5. The first-order valence-electron chi connectivity index (χ1n) is 5.17. The molecule has 0 saturated carbocycles. The molecule has 1 aromatic carbocycles. The number of halogens is 1. The molecule has 0 atom stereocenters. The standard InChI is InChI=1S/C10H11FN4O2S2/c1-5-3-7(11)8(12)6(2)9(5)19(16,17)15-10-14-13-4-18-10/h3-4H,12H2,1-2H3,(H,14,15). The molecule has 0 spiro atoms. The van der Waals surface area contributed by atoms with Crippen molar-refractivity contribution in [1.29, 1.82) is 0 Å². The number of nitrogens with one attached hydrogen (secondary N) is 1. The van der Waals surface area contributed by atoms with Gasteiger partial charge >= 0.3 is 0 Å². The second kappa shape index (κ2) is 4.74. The third-order valence-corrected chi connectivity index (χ3v) is 4.92. The molecule has 0 aliphatic rings. The van der Waals surface area contributed by atoms with Gasteiger partial charge in [0, 0.05) is 0 Å². The van der Waals surface area contributed by atoms with Crippen LogP contribution in [-0.2, 0) is 10.0 Å². The maximum Gasteiger partial charge on any atom is 0.264 e. The van der Waals surface area contributed by atoms with E-state index in [0.717, 1.165) is 17.4 Å². The Kier molecular flexibility index (Phi) is 3.42. The molecule has 9 heteroatoms. The molecule has 2 rings (SSSR count). The zero-order chi connectivity index (χ0) is 14.2. The Morgan fingerprint density at radius 2 is 2.11 bits per heavy atom. The number of aromatic nitrogens is 2. The summed E-state index contributed by atoms with van der Waals surface area (Å²) >= 11 is 1.05. The summed E-state index contributed by atoms with van der Waals surface area (Å²) in [4.78, 5) is -0.0402. The van der Waals surface area contributed by atoms with Crippen LogP contribution < -0.4 is 10.5 Å². The highest BCUT2D eigenvalue weighted by molar-refractivity contribution is 7.93. The van der Waals surface area contributed by atoms with E-state index in [-0.39, 0.29) is 26.8 Å². The average molecular weight is 302 g/mol. The lowest BCUT2D eigenvalue weighted by Gasteiger charge is -2.13. The van der Waals surface area contributed by atoms with Crippen molar-refractivity contribution in [3.05, 3.63) is 28.5 Å². The van der Waals surface area contributed by atoms with Crippen LogP contribution >= 0.6 is 11.3 Å². The second-order valence-electron chi connectivity index (χ2n) is 3.89. The van der Waals surface area contributed by atoms with Crippen LogP contribution in [0.3, 0.4) is 0 Å². The lowest BCUT2D eigenvalue weighted by Crippen LogP contribution is -2.17. The molecule has 0 fully saturated rings. The van der Waals surface area contributed by atoms with Crippen LogP contribution in [0.4, 0.5) is 15.2 Å². The summed E-state index contributed by atoms with van der Waals surface area (Å²) in [5.41, 5.74) is 7.21. The molecular weight excluding hydrogens is 291 g/mol. The molecule has 2 aromatic rings. The van der Waals surface area contributed by atoms with Gasteiger partial charge in [-0.3, -0.25) is 4.72 Å². The fourth-order valence-electron chi connectivity index (χ4n) is 1.73. The molecule has 0 bridgehead atoms. The Balaban J connectivity index is 2.55. The summed E-state index contributed by atoms with van der Waals surface area (Å²) < 4.78 is 40.2. The number of hydrogen-bond acceptors (Lipinski definition) is 6. The minimum Gasteiger partial charge on any atom is -0.396 e. The van der Waals surface area contributed by atoms with Gasteiger partial charge < -0.3 is 5.73 Å². The van der Waals surface area contributed by atoms with Gasteiger partial charge in [-0.1, -0.05) is 11.3 Å². The molecule has 0 amide bonds. The molecule has 1 aromatic heterocycles. The third kappa shape index (κ3) is 2.51. The van der Waals surface area contributed by atoms with Crippen molar-refractivity contribution in [1.82, 2.24) is 10.2 Å². The van der Waals surface area contributed by atoms with Crippen molar-refractivity contribution in [2.24, 2.45) is 0 Å². The summed E-state index contributed by atoms with van der Waals surface area (Å²) in [7, 11) is -3.87. The summed E-state index contributed by atoms with van der Waals surface area (Å²) in [6, 6.07) is 1.09. The van der Waals surface area contributed by atoms with Gasteiger partial charge in [-0.2, -0.15) is 0 Å². The van der Waals surface area contributed by atoms with Crippen LogP contribution in [0.5, 0.6) is 0 Å². The monoisotopic (exact) mass is 302 g/mol. The highest BCUT2D eigenvalue weighted by Crippen LogP contribution is 2.29. The van der Waals surface area contributed by atoms with Gasteiger partial charge in [0.05, 0.1) is 10.6 Å². The zero-order valence-electron chi connectivity index (χ0n) is 10.1. The van der Waals surface area contributed by atoms with Gasteiger partial charge in [0.15, 0.2) is 0 Å². The third-order valence-electron chi connectivity index (χ3n) is 2.55. The number of hydrogen-bond donors (Lipinski definition) is 2. The van der Waals surface area contributed by atoms with Gasteiger partial charge in [-0.15, -0.1) is 10.2 Å². The van der Waals surface area contributed by atoms with Crippen molar-refractivity contribution in [2.45, 2.75) is 18.7 Å². The predicted octanol–water partition coefficient (Wildman–Crippen LogP) is 1.68. The van der Waals surface area contributed by atoms with Crippen molar-refractivity contribution in [3.8, 4) is 0 Å². The first-order valence-corrected chi connectivity index (χ1v) is 7.53. The Morgan fingerprint density at radius 3 is 2.68 bits per heavy atom. The molecule has 19 heavy (non-hydrogen) atoms. The highest BCUT2D eigenvalue weighted by Gasteiger charge is 2.23. The summed E-state index contributed by atoms with van der Waals surface area (Å²) in [5.74, 6) is -0.634. The summed E-state index contributed by atoms with van der Waals surface area (Å²) in [6.07, 6.45) is 0. The van der Waals surface area contributed by atoms with E-state index in [9.17, 15) is 12.8 Å². The van der Waals surface area contributed by atoms with Crippen molar-refractivity contribution < 1.29 is 12.8 Å². The quantitative estimate of drug-likeness (QED) is 0.841. The van der Waals surface area contributed by atoms with E-state index in [4.69, 9.17) is 5.73 Å². The minimum atomic E-state index is -3.87. The van der Waals surface area contributed by atoms with Crippen molar-refractivity contribution in [3.63, 3.8) is 0 Å². The molecule has 0 radical (unpaired) electrons. The first-order chi connectivity index (χ1) is 8.83. The van der Waals surface area contributed by atoms with E-state index < -0.39 is 15.8 Å². The molecular formula is C10H11FN4O2S2. The SMILES string of the molecule is Cc1cc(F)c(N)c(C)c1S(=O)(=O)Nc1nncs1. The van der Waals surface area contributed by atoms with E-state index in [1.165, 1.54) is 19.4 Å². The van der Waals surface area contributed by atoms with Crippen LogP contribution in [0.25, 0.3) is 0 Å². The molecule has 0 aliphatic carbocycles. The van der Waals surface area contributed by atoms with E-state index in [0.29, 0.717) is 0 Å².